The zero-order chi connectivity index (χ0) is 16.4. The van der Waals surface area contributed by atoms with Crippen LogP contribution in [-0.4, -0.2) is 18.8 Å². The minimum absolute atomic E-state index is 0.0823. The third-order valence-electron chi connectivity index (χ3n) is 4.12. The van der Waals surface area contributed by atoms with Crippen LogP contribution in [0.5, 0.6) is 0 Å². The van der Waals surface area contributed by atoms with E-state index in [1.165, 1.54) is 10.6 Å². The maximum absolute atomic E-state index is 13.5. The molecule has 1 aromatic heterocycles. The fraction of sp³-hybridized carbons (Fsp3) is 0.375. The predicted molar refractivity (Wildman–Crippen MR) is 80.1 cm³/mol. The lowest BCUT2D eigenvalue weighted by Crippen LogP contribution is -2.38. The summed E-state index contributed by atoms with van der Waals surface area (Å²) in [6.45, 7) is 0.0823. The van der Waals surface area contributed by atoms with Gasteiger partial charge in [0, 0.05) is 6.04 Å². The number of hydrogen-bond acceptors (Lipinski definition) is 3. The summed E-state index contributed by atoms with van der Waals surface area (Å²) in [5.41, 5.74) is 0. The highest BCUT2D eigenvalue weighted by Gasteiger charge is 2.34. The lowest BCUT2D eigenvalue weighted by molar-refractivity contribution is 0.292. The van der Waals surface area contributed by atoms with E-state index in [9.17, 15) is 17.2 Å². The number of rotatable bonds is 5. The number of furan rings is 1. The molecule has 0 saturated heterocycles. The molecule has 0 spiro atoms. The third kappa shape index (κ3) is 3.30. The number of sulfonamides is 1. The largest absolute Gasteiger partial charge is 0.468 e. The van der Waals surface area contributed by atoms with Gasteiger partial charge in [0.05, 0.1) is 17.7 Å². The van der Waals surface area contributed by atoms with Gasteiger partial charge in [-0.2, -0.15) is 4.31 Å². The third-order valence-corrected chi connectivity index (χ3v) is 6.02. The molecule has 1 fully saturated rings. The lowest BCUT2D eigenvalue weighted by Gasteiger charge is -2.27. The summed E-state index contributed by atoms with van der Waals surface area (Å²) < 4.78 is 59.0. The Morgan fingerprint density at radius 1 is 1.13 bits per heavy atom. The number of nitrogens with zero attached hydrogens (tertiary/aromatic N) is 1. The van der Waals surface area contributed by atoms with Gasteiger partial charge in [-0.3, -0.25) is 0 Å². The Balaban J connectivity index is 1.97. The molecule has 3 rings (SSSR count). The lowest BCUT2D eigenvalue weighted by atomic mass is 10.2. The summed E-state index contributed by atoms with van der Waals surface area (Å²) >= 11 is 0. The molecule has 0 aliphatic heterocycles. The van der Waals surface area contributed by atoms with Gasteiger partial charge >= 0.3 is 0 Å². The molecule has 4 nitrogen and oxygen atoms in total. The van der Waals surface area contributed by atoms with Gasteiger partial charge in [0.25, 0.3) is 0 Å². The Morgan fingerprint density at radius 2 is 1.87 bits per heavy atom. The molecular weight excluding hydrogens is 324 g/mol. The molecule has 1 saturated carbocycles. The number of hydrogen-bond donors (Lipinski definition) is 0. The molecule has 0 atom stereocenters. The molecule has 124 valence electrons. The van der Waals surface area contributed by atoms with E-state index < -0.39 is 21.7 Å². The first kappa shape index (κ1) is 16.1. The van der Waals surface area contributed by atoms with Crippen molar-refractivity contribution in [3.05, 3.63) is 54.0 Å². The molecule has 0 N–H and O–H groups in total. The molecule has 0 unspecified atom stereocenters. The zero-order valence-corrected chi connectivity index (χ0v) is 13.2. The van der Waals surface area contributed by atoms with E-state index in [2.05, 4.69) is 0 Å². The van der Waals surface area contributed by atoms with E-state index in [0.29, 0.717) is 5.76 Å². The summed E-state index contributed by atoms with van der Waals surface area (Å²) in [4.78, 5) is -0.241. The van der Waals surface area contributed by atoms with Crippen molar-refractivity contribution in [3.63, 3.8) is 0 Å². The summed E-state index contributed by atoms with van der Waals surface area (Å²) in [6, 6.07) is 5.89. The maximum Gasteiger partial charge on any atom is 0.243 e. The average Bonchev–Trinajstić information content (AvgIpc) is 3.20. The minimum atomic E-state index is -3.93. The first-order chi connectivity index (χ1) is 11.0. The minimum Gasteiger partial charge on any atom is -0.468 e. The van der Waals surface area contributed by atoms with Gasteiger partial charge < -0.3 is 4.42 Å². The Labute approximate surface area is 133 Å². The van der Waals surface area contributed by atoms with Crippen LogP contribution < -0.4 is 0 Å². The smallest absolute Gasteiger partial charge is 0.243 e. The van der Waals surface area contributed by atoms with Crippen molar-refractivity contribution in [3.8, 4) is 0 Å². The molecule has 0 amide bonds. The zero-order valence-electron chi connectivity index (χ0n) is 12.4. The van der Waals surface area contributed by atoms with Crippen LogP contribution in [0.1, 0.15) is 31.4 Å². The molecule has 1 heterocycles. The second-order valence-electron chi connectivity index (χ2n) is 5.64. The highest BCUT2D eigenvalue weighted by molar-refractivity contribution is 7.89. The summed E-state index contributed by atoms with van der Waals surface area (Å²) in [7, 11) is -3.93. The van der Waals surface area contributed by atoms with Gasteiger partial charge in [-0.1, -0.05) is 12.8 Å². The number of halogens is 2. The van der Waals surface area contributed by atoms with E-state index >= 15 is 0 Å². The van der Waals surface area contributed by atoms with Gasteiger partial charge in [-0.25, -0.2) is 17.2 Å². The Kier molecular flexibility index (Phi) is 4.50. The van der Waals surface area contributed by atoms with Crippen LogP contribution in [-0.2, 0) is 16.6 Å². The predicted octanol–water partition coefficient (Wildman–Crippen LogP) is 3.69. The number of benzene rings is 1. The monoisotopic (exact) mass is 341 g/mol. The van der Waals surface area contributed by atoms with Gasteiger partial charge in [0.1, 0.15) is 5.76 Å². The van der Waals surface area contributed by atoms with Crippen LogP contribution in [0.3, 0.4) is 0 Å². The Morgan fingerprint density at radius 3 is 2.48 bits per heavy atom. The second kappa shape index (κ2) is 6.41. The van der Waals surface area contributed by atoms with Crippen LogP contribution >= 0.6 is 0 Å². The topological polar surface area (TPSA) is 50.5 Å². The van der Waals surface area contributed by atoms with Crippen LogP contribution in [0.2, 0.25) is 0 Å². The summed E-state index contributed by atoms with van der Waals surface area (Å²) in [6.07, 6.45) is 4.89. The summed E-state index contributed by atoms with van der Waals surface area (Å²) in [5, 5.41) is 0. The molecule has 7 heteroatoms. The van der Waals surface area contributed by atoms with Crippen molar-refractivity contribution in [2.45, 2.75) is 43.2 Å². The standard InChI is InChI=1S/C16H17F2NO3S/c17-15-8-7-14(10-16(15)18)23(20,21)19(12-4-1-2-5-12)11-13-6-3-9-22-13/h3,6-10,12H,1-2,4-5,11H2. The molecule has 23 heavy (non-hydrogen) atoms. The van der Waals surface area contributed by atoms with Gasteiger partial charge in [-0.15, -0.1) is 0 Å². The van der Waals surface area contributed by atoms with Crippen LogP contribution in [0, 0.1) is 11.6 Å². The van der Waals surface area contributed by atoms with Gasteiger partial charge in [0.15, 0.2) is 11.6 Å². The second-order valence-corrected chi connectivity index (χ2v) is 7.53. The van der Waals surface area contributed by atoms with Gasteiger partial charge in [-0.05, 0) is 43.2 Å². The Bertz CT molecular complexity index is 769. The van der Waals surface area contributed by atoms with E-state index in [0.717, 1.165) is 43.9 Å². The van der Waals surface area contributed by atoms with Crippen molar-refractivity contribution in [1.29, 1.82) is 0 Å². The SMILES string of the molecule is O=S(=O)(c1ccc(F)c(F)c1)N(Cc1ccco1)C1CCCC1. The first-order valence-electron chi connectivity index (χ1n) is 7.48. The molecule has 1 aromatic carbocycles. The van der Waals surface area contributed by atoms with E-state index in [1.807, 2.05) is 0 Å². The molecule has 0 radical (unpaired) electrons. The molecule has 0 bridgehead atoms. The van der Waals surface area contributed by atoms with Crippen LogP contribution in [0.4, 0.5) is 8.78 Å². The van der Waals surface area contributed by atoms with Gasteiger partial charge in [0.2, 0.25) is 10.0 Å². The summed E-state index contributed by atoms with van der Waals surface area (Å²) in [5.74, 6) is -1.72. The van der Waals surface area contributed by atoms with Crippen molar-refractivity contribution in [2.75, 3.05) is 0 Å². The normalized spacial score (nSPS) is 16.3. The molecular formula is C16H17F2NO3S. The quantitative estimate of drug-likeness (QED) is 0.833. The fourth-order valence-corrected chi connectivity index (χ4v) is 4.60. The maximum atomic E-state index is 13.5. The fourth-order valence-electron chi connectivity index (χ4n) is 2.93. The van der Waals surface area contributed by atoms with Crippen LogP contribution in [0.25, 0.3) is 0 Å². The molecule has 2 aromatic rings. The van der Waals surface area contributed by atoms with Crippen molar-refractivity contribution in [2.24, 2.45) is 0 Å². The van der Waals surface area contributed by atoms with E-state index in [4.69, 9.17) is 4.42 Å². The highest BCUT2D eigenvalue weighted by atomic mass is 32.2. The van der Waals surface area contributed by atoms with Crippen LogP contribution in [0.15, 0.2) is 45.9 Å². The van der Waals surface area contributed by atoms with E-state index in [1.54, 1.807) is 12.1 Å². The van der Waals surface area contributed by atoms with Crippen molar-refractivity contribution >= 4 is 10.0 Å². The van der Waals surface area contributed by atoms with Crippen molar-refractivity contribution in [1.82, 2.24) is 4.31 Å². The molecule has 1 aliphatic carbocycles. The van der Waals surface area contributed by atoms with Crippen molar-refractivity contribution < 1.29 is 21.6 Å². The first-order valence-corrected chi connectivity index (χ1v) is 8.92. The molecule has 1 aliphatic rings. The average molecular weight is 341 g/mol. The highest BCUT2D eigenvalue weighted by Crippen LogP contribution is 2.30. The van der Waals surface area contributed by atoms with E-state index in [-0.39, 0.29) is 17.5 Å². The Hall–Kier alpha value is -1.73.